The number of aromatic nitrogens is 2. The van der Waals surface area contributed by atoms with Gasteiger partial charge in [-0.15, -0.1) is 0 Å². The van der Waals surface area contributed by atoms with Crippen LogP contribution in [0.1, 0.15) is 57.2 Å². The molecule has 0 aliphatic carbocycles. The molecule has 3 aromatic rings. The fraction of sp³-hybridized carbons (Fsp3) is 0.429. The largest absolute Gasteiger partial charge is 0.319 e. The van der Waals surface area contributed by atoms with E-state index in [0.717, 1.165) is 23.1 Å². The number of rotatable bonds is 8. The summed E-state index contributed by atoms with van der Waals surface area (Å²) in [5.74, 6) is 0.165. The van der Waals surface area contributed by atoms with E-state index in [4.69, 9.17) is 0 Å². The first-order valence-corrected chi connectivity index (χ1v) is 9.25. The van der Waals surface area contributed by atoms with E-state index in [1.54, 1.807) is 6.92 Å². The minimum Gasteiger partial charge on any atom is -0.319 e. The van der Waals surface area contributed by atoms with Gasteiger partial charge in [0.05, 0.1) is 11.0 Å². The van der Waals surface area contributed by atoms with Crippen LogP contribution >= 0.6 is 0 Å². The van der Waals surface area contributed by atoms with Gasteiger partial charge in [0.1, 0.15) is 11.3 Å². The molecule has 1 N–H and O–H groups in total. The van der Waals surface area contributed by atoms with Crippen LogP contribution in [0.25, 0.3) is 16.6 Å². The number of Topliss-reactive ketones (excluding diaryl/α,β-unsaturated/α-hetero) is 1. The standard InChI is InChI=1S/C21H26N2O2/c1-3-4-5-6-7-16-9-12-19-18(14-16)22-21(25)20-13-11-17(23(19)20)10-8-15(2)24/h9,11-14H,3-8,10H2,1-2H3,(H,22,25). The molecule has 2 heterocycles. The molecule has 0 aliphatic heterocycles. The molecule has 0 spiro atoms. The van der Waals surface area contributed by atoms with E-state index in [-0.39, 0.29) is 11.3 Å². The number of H-pyrrole nitrogens is 1. The van der Waals surface area contributed by atoms with Crippen molar-refractivity contribution >= 4 is 22.3 Å². The van der Waals surface area contributed by atoms with Crippen molar-refractivity contribution in [2.75, 3.05) is 0 Å². The Bertz CT molecular complexity index is 950. The molecule has 25 heavy (non-hydrogen) atoms. The number of carbonyl (C=O) groups is 1. The van der Waals surface area contributed by atoms with Gasteiger partial charge in [0, 0.05) is 12.1 Å². The third kappa shape index (κ3) is 3.84. The van der Waals surface area contributed by atoms with Crippen molar-refractivity contribution < 1.29 is 4.79 Å². The lowest BCUT2D eigenvalue weighted by Gasteiger charge is -2.09. The van der Waals surface area contributed by atoms with E-state index in [0.29, 0.717) is 18.4 Å². The number of carbonyl (C=O) groups excluding carboxylic acids is 1. The number of aromatic amines is 1. The van der Waals surface area contributed by atoms with Crippen molar-refractivity contribution in [1.29, 1.82) is 0 Å². The van der Waals surface area contributed by atoms with Gasteiger partial charge in [-0.25, -0.2) is 0 Å². The second-order valence-corrected chi connectivity index (χ2v) is 6.86. The second kappa shape index (κ2) is 7.68. The van der Waals surface area contributed by atoms with Crippen LogP contribution in [0.15, 0.2) is 35.1 Å². The highest BCUT2D eigenvalue weighted by atomic mass is 16.1. The number of ketones is 1. The first-order valence-electron chi connectivity index (χ1n) is 9.25. The van der Waals surface area contributed by atoms with Gasteiger partial charge in [0.2, 0.25) is 0 Å². The van der Waals surface area contributed by atoms with Crippen LogP contribution in [-0.2, 0) is 17.6 Å². The number of unbranched alkanes of at least 4 members (excludes halogenated alkanes) is 3. The Morgan fingerprint density at radius 2 is 1.84 bits per heavy atom. The van der Waals surface area contributed by atoms with Crippen LogP contribution in [0.4, 0.5) is 0 Å². The summed E-state index contributed by atoms with van der Waals surface area (Å²) in [5, 5.41) is 0. The summed E-state index contributed by atoms with van der Waals surface area (Å²) in [6, 6.07) is 10.1. The van der Waals surface area contributed by atoms with Gasteiger partial charge in [-0.3, -0.25) is 4.79 Å². The van der Waals surface area contributed by atoms with Crippen LogP contribution in [-0.4, -0.2) is 15.2 Å². The number of aryl methyl sites for hydroxylation is 2. The highest BCUT2D eigenvalue weighted by Crippen LogP contribution is 2.20. The average molecular weight is 338 g/mol. The second-order valence-electron chi connectivity index (χ2n) is 6.86. The zero-order chi connectivity index (χ0) is 17.8. The SMILES string of the molecule is CCCCCCc1ccc2c(c1)[nH]c(=O)c1ccc(CCC(C)=O)n12. The molecule has 0 atom stereocenters. The van der Waals surface area contributed by atoms with Crippen molar-refractivity contribution in [2.24, 2.45) is 0 Å². The van der Waals surface area contributed by atoms with Gasteiger partial charge in [0.25, 0.3) is 5.56 Å². The molecule has 0 saturated carbocycles. The zero-order valence-corrected chi connectivity index (χ0v) is 15.1. The molecular weight excluding hydrogens is 312 g/mol. The molecular formula is C21H26N2O2. The lowest BCUT2D eigenvalue weighted by atomic mass is 10.1. The lowest BCUT2D eigenvalue weighted by molar-refractivity contribution is -0.116. The topological polar surface area (TPSA) is 54.3 Å². The van der Waals surface area contributed by atoms with Crippen molar-refractivity contribution in [3.63, 3.8) is 0 Å². The maximum absolute atomic E-state index is 12.4. The molecule has 0 bridgehead atoms. The Labute approximate surface area is 147 Å². The van der Waals surface area contributed by atoms with Gasteiger partial charge in [-0.1, -0.05) is 32.3 Å². The third-order valence-electron chi connectivity index (χ3n) is 4.80. The number of hydrogen-bond acceptors (Lipinski definition) is 2. The van der Waals surface area contributed by atoms with Gasteiger partial charge < -0.3 is 14.2 Å². The van der Waals surface area contributed by atoms with Crippen LogP contribution in [0.5, 0.6) is 0 Å². The fourth-order valence-corrected chi connectivity index (χ4v) is 3.42. The highest BCUT2D eigenvalue weighted by Gasteiger charge is 2.10. The molecule has 4 heteroatoms. The number of benzene rings is 1. The fourth-order valence-electron chi connectivity index (χ4n) is 3.42. The molecule has 0 saturated heterocycles. The van der Waals surface area contributed by atoms with Crippen molar-refractivity contribution in [1.82, 2.24) is 9.38 Å². The predicted molar refractivity (Wildman–Crippen MR) is 102 cm³/mol. The van der Waals surface area contributed by atoms with E-state index >= 15 is 0 Å². The normalized spacial score (nSPS) is 11.4. The molecule has 0 fully saturated rings. The highest BCUT2D eigenvalue weighted by molar-refractivity contribution is 5.80. The summed E-state index contributed by atoms with van der Waals surface area (Å²) >= 11 is 0. The van der Waals surface area contributed by atoms with Gasteiger partial charge >= 0.3 is 0 Å². The monoisotopic (exact) mass is 338 g/mol. The van der Waals surface area contributed by atoms with Gasteiger partial charge in [-0.2, -0.15) is 0 Å². The van der Waals surface area contributed by atoms with Crippen molar-refractivity contribution in [3.8, 4) is 0 Å². The van der Waals surface area contributed by atoms with E-state index in [2.05, 4.69) is 30.1 Å². The molecule has 0 aliphatic rings. The van der Waals surface area contributed by atoms with Crippen LogP contribution in [0.3, 0.4) is 0 Å². The average Bonchev–Trinajstić information content (AvgIpc) is 3.02. The first-order chi connectivity index (χ1) is 12.1. The number of nitrogens with zero attached hydrogens (tertiary/aromatic N) is 1. The van der Waals surface area contributed by atoms with Crippen LogP contribution < -0.4 is 5.56 Å². The number of nitrogens with one attached hydrogen (secondary N) is 1. The summed E-state index contributed by atoms with van der Waals surface area (Å²) in [5.41, 5.74) is 4.70. The molecule has 2 aromatic heterocycles. The van der Waals surface area contributed by atoms with E-state index in [1.807, 2.05) is 16.5 Å². The Hall–Kier alpha value is -2.36. The molecule has 1 aromatic carbocycles. The predicted octanol–water partition coefficient (Wildman–Crippen LogP) is 4.43. The maximum atomic E-state index is 12.4. The summed E-state index contributed by atoms with van der Waals surface area (Å²) in [7, 11) is 0. The number of fused-ring (bicyclic) bond motifs is 3. The summed E-state index contributed by atoms with van der Waals surface area (Å²) < 4.78 is 2.00. The van der Waals surface area contributed by atoms with Gasteiger partial charge in [-0.05, 0) is 56.0 Å². The van der Waals surface area contributed by atoms with E-state index in [9.17, 15) is 9.59 Å². The lowest BCUT2D eigenvalue weighted by Crippen LogP contribution is -2.11. The van der Waals surface area contributed by atoms with Crippen molar-refractivity contribution in [2.45, 2.75) is 58.8 Å². The minimum absolute atomic E-state index is 0.0790. The summed E-state index contributed by atoms with van der Waals surface area (Å²) in [6.45, 7) is 3.82. The number of hydrogen-bond donors (Lipinski definition) is 1. The summed E-state index contributed by atoms with van der Waals surface area (Å²) in [4.78, 5) is 26.7. The van der Waals surface area contributed by atoms with E-state index in [1.165, 1.54) is 31.2 Å². The smallest absolute Gasteiger partial charge is 0.272 e. The molecule has 3 rings (SSSR count). The Morgan fingerprint density at radius 1 is 1.04 bits per heavy atom. The quantitative estimate of drug-likeness (QED) is 0.618. The Morgan fingerprint density at radius 3 is 2.60 bits per heavy atom. The third-order valence-corrected chi connectivity index (χ3v) is 4.80. The molecule has 0 amide bonds. The zero-order valence-electron chi connectivity index (χ0n) is 15.1. The Balaban J connectivity index is 1.98. The van der Waals surface area contributed by atoms with Crippen LogP contribution in [0, 0.1) is 0 Å². The summed E-state index contributed by atoms with van der Waals surface area (Å²) in [6.07, 6.45) is 7.12. The van der Waals surface area contributed by atoms with Crippen molar-refractivity contribution in [3.05, 3.63) is 51.9 Å². The molecule has 0 unspecified atom stereocenters. The maximum Gasteiger partial charge on any atom is 0.272 e. The van der Waals surface area contributed by atoms with Crippen LogP contribution in [0.2, 0.25) is 0 Å². The van der Waals surface area contributed by atoms with E-state index < -0.39 is 0 Å². The molecule has 132 valence electrons. The molecule has 4 nitrogen and oxygen atoms in total. The van der Waals surface area contributed by atoms with Gasteiger partial charge in [0.15, 0.2) is 0 Å². The minimum atomic E-state index is -0.0790. The first kappa shape index (κ1) is 17.5. The molecule has 0 radical (unpaired) electrons. The Kier molecular flexibility index (Phi) is 5.37.